The number of hydrogen-bond donors (Lipinski definition) is 1. The quantitative estimate of drug-likeness (QED) is 0.888. The molecule has 1 aromatic rings. The first-order valence-electron chi connectivity index (χ1n) is 8.70. The number of carbonyl (C=O) groups is 2. The molecule has 6 heteroatoms. The summed E-state index contributed by atoms with van der Waals surface area (Å²) in [5.74, 6) is 0.698. The van der Waals surface area contributed by atoms with Gasteiger partial charge in [-0.3, -0.25) is 9.69 Å². The van der Waals surface area contributed by atoms with Crippen molar-refractivity contribution in [3.63, 3.8) is 0 Å². The highest BCUT2D eigenvalue weighted by molar-refractivity contribution is 5.86. The Morgan fingerprint density at radius 3 is 2.52 bits per heavy atom. The summed E-state index contributed by atoms with van der Waals surface area (Å²) in [6.07, 6.45) is 1.80. The van der Waals surface area contributed by atoms with E-state index in [0.29, 0.717) is 19.5 Å². The third-order valence-corrected chi connectivity index (χ3v) is 4.06. The molecule has 0 aromatic heterocycles. The normalized spacial score (nSPS) is 17.3. The van der Waals surface area contributed by atoms with Crippen molar-refractivity contribution in [1.29, 1.82) is 0 Å². The lowest BCUT2D eigenvalue weighted by atomic mass is 10.1. The van der Waals surface area contributed by atoms with Gasteiger partial charge in [0.25, 0.3) is 0 Å². The van der Waals surface area contributed by atoms with Crippen LogP contribution >= 0.6 is 0 Å². The van der Waals surface area contributed by atoms with Crippen molar-refractivity contribution in [1.82, 2.24) is 10.2 Å². The molecule has 138 valence electrons. The predicted molar refractivity (Wildman–Crippen MR) is 95.7 cm³/mol. The van der Waals surface area contributed by atoms with Gasteiger partial charge in [0.2, 0.25) is 5.91 Å². The Morgan fingerprint density at radius 1 is 1.24 bits per heavy atom. The molecule has 0 aliphatic carbocycles. The lowest BCUT2D eigenvalue weighted by molar-refractivity contribution is -0.125. The maximum Gasteiger partial charge on any atom is 0.410 e. The van der Waals surface area contributed by atoms with Crippen molar-refractivity contribution in [3.05, 3.63) is 29.8 Å². The molecule has 1 saturated heterocycles. The Morgan fingerprint density at radius 2 is 1.92 bits per heavy atom. The van der Waals surface area contributed by atoms with Crippen molar-refractivity contribution < 1.29 is 19.1 Å². The minimum Gasteiger partial charge on any atom is -0.497 e. The van der Waals surface area contributed by atoms with E-state index < -0.39 is 17.7 Å². The van der Waals surface area contributed by atoms with Gasteiger partial charge in [0.15, 0.2) is 0 Å². The Bertz CT molecular complexity index is 592. The number of carbonyl (C=O) groups excluding carboxylic acids is 2. The van der Waals surface area contributed by atoms with Gasteiger partial charge in [-0.05, 0) is 57.7 Å². The Kier molecular flexibility index (Phi) is 6.28. The van der Waals surface area contributed by atoms with Gasteiger partial charge in [0, 0.05) is 13.1 Å². The molecule has 2 amide bonds. The summed E-state index contributed by atoms with van der Waals surface area (Å²) in [4.78, 5) is 26.2. The summed E-state index contributed by atoms with van der Waals surface area (Å²) in [6.45, 7) is 6.57. The average Bonchev–Trinajstić information content (AvgIpc) is 3.03. The van der Waals surface area contributed by atoms with Crippen LogP contribution in [0, 0.1) is 0 Å². The van der Waals surface area contributed by atoms with E-state index in [2.05, 4.69) is 5.32 Å². The molecule has 25 heavy (non-hydrogen) atoms. The smallest absolute Gasteiger partial charge is 0.410 e. The molecule has 0 spiro atoms. The van der Waals surface area contributed by atoms with Gasteiger partial charge in [-0.15, -0.1) is 0 Å². The van der Waals surface area contributed by atoms with Crippen LogP contribution in [-0.4, -0.2) is 48.7 Å². The van der Waals surface area contributed by atoms with E-state index in [1.54, 1.807) is 7.11 Å². The number of hydrogen-bond acceptors (Lipinski definition) is 4. The number of likely N-dealkylation sites (tertiary alicyclic amines) is 1. The third-order valence-electron chi connectivity index (χ3n) is 4.06. The minimum atomic E-state index is -0.560. The van der Waals surface area contributed by atoms with Crippen molar-refractivity contribution in [2.75, 3.05) is 20.2 Å². The summed E-state index contributed by atoms with van der Waals surface area (Å²) in [5.41, 5.74) is 0.561. The molecule has 1 fully saturated rings. The van der Waals surface area contributed by atoms with Gasteiger partial charge in [0.05, 0.1) is 7.11 Å². The summed E-state index contributed by atoms with van der Waals surface area (Å²) >= 11 is 0. The highest BCUT2D eigenvalue weighted by Gasteiger charge is 2.36. The Labute approximate surface area is 149 Å². The predicted octanol–water partition coefficient (Wildman–Crippen LogP) is 2.75. The second-order valence-electron chi connectivity index (χ2n) is 7.22. The largest absolute Gasteiger partial charge is 0.497 e. The molecule has 1 N–H and O–H groups in total. The summed E-state index contributed by atoms with van der Waals surface area (Å²) in [6, 6.07) is 7.32. The van der Waals surface area contributed by atoms with Gasteiger partial charge < -0.3 is 14.8 Å². The first kappa shape index (κ1) is 19.1. The summed E-state index contributed by atoms with van der Waals surface area (Å²) in [7, 11) is 1.63. The van der Waals surface area contributed by atoms with E-state index in [9.17, 15) is 9.59 Å². The summed E-state index contributed by atoms with van der Waals surface area (Å²) < 4.78 is 10.5. The van der Waals surface area contributed by atoms with Crippen LogP contribution in [0.25, 0.3) is 0 Å². The molecule has 1 aliphatic rings. The zero-order valence-electron chi connectivity index (χ0n) is 15.5. The SMILES string of the molecule is COc1ccc(CCNC(=O)[C@@H]2CCCN2C(=O)OC(C)(C)C)cc1. The summed E-state index contributed by atoms with van der Waals surface area (Å²) in [5, 5.41) is 2.93. The van der Waals surface area contributed by atoms with Gasteiger partial charge >= 0.3 is 6.09 Å². The van der Waals surface area contributed by atoms with Crippen molar-refractivity contribution >= 4 is 12.0 Å². The van der Waals surface area contributed by atoms with Crippen molar-refractivity contribution in [2.45, 2.75) is 51.7 Å². The minimum absolute atomic E-state index is 0.114. The zero-order chi connectivity index (χ0) is 18.4. The highest BCUT2D eigenvalue weighted by atomic mass is 16.6. The molecule has 0 unspecified atom stereocenters. The van der Waals surface area contributed by atoms with Gasteiger partial charge in [-0.1, -0.05) is 12.1 Å². The molecule has 0 radical (unpaired) electrons. The first-order chi connectivity index (χ1) is 11.8. The van der Waals surface area contributed by atoms with Gasteiger partial charge in [-0.2, -0.15) is 0 Å². The molecular weight excluding hydrogens is 320 g/mol. The van der Waals surface area contributed by atoms with Crippen LogP contribution in [-0.2, 0) is 16.0 Å². The van der Waals surface area contributed by atoms with E-state index >= 15 is 0 Å². The maximum absolute atomic E-state index is 12.4. The molecule has 1 aliphatic heterocycles. The molecular formula is C19H28N2O4. The van der Waals surface area contributed by atoms with Crippen molar-refractivity contribution in [3.8, 4) is 5.75 Å². The highest BCUT2D eigenvalue weighted by Crippen LogP contribution is 2.21. The fourth-order valence-corrected chi connectivity index (χ4v) is 2.82. The number of methoxy groups -OCH3 is 1. The van der Waals surface area contributed by atoms with Crippen LogP contribution < -0.4 is 10.1 Å². The average molecular weight is 348 g/mol. The molecule has 1 aromatic carbocycles. The molecule has 2 rings (SSSR count). The van der Waals surface area contributed by atoms with E-state index in [-0.39, 0.29) is 5.91 Å². The monoisotopic (exact) mass is 348 g/mol. The number of amides is 2. The van der Waals surface area contributed by atoms with Crippen LogP contribution in [0.5, 0.6) is 5.75 Å². The second-order valence-corrected chi connectivity index (χ2v) is 7.22. The number of ether oxygens (including phenoxy) is 2. The molecule has 6 nitrogen and oxygen atoms in total. The molecule has 1 heterocycles. The molecule has 0 bridgehead atoms. The van der Waals surface area contributed by atoms with E-state index in [4.69, 9.17) is 9.47 Å². The lowest BCUT2D eigenvalue weighted by Gasteiger charge is -2.28. The Hall–Kier alpha value is -2.24. The molecule has 0 saturated carbocycles. The maximum atomic E-state index is 12.4. The number of rotatable bonds is 5. The fraction of sp³-hybridized carbons (Fsp3) is 0.579. The van der Waals surface area contributed by atoms with Crippen LogP contribution in [0.15, 0.2) is 24.3 Å². The van der Waals surface area contributed by atoms with Crippen LogP contribution in [0.4, 0.5) is 4.79 Å². The third kappa shape index (κ3) is 5.66. The first-order valence-corrected chi connectivity index (χ1v) is 8.70. The van der Waals surface area contributed by atoms with E-state index in [1.807, 2.05) is 45.0 Å². The van der Waals surface area contributed by atoms with Crippen LogP contribution in [0.2, 0.25) is 0 Å². The molecule has 1 atom stereocenters. The van der Waals surface area contributed by atoms with Crippen LogP contribution in [0.1, 0.15) is 39.2 Å². The number of nitrogens with one attached hydrogen (secondary N) is 1. The fourth-order valence-electron chi connectivity index (χ4n) is 2.82. The van der Waals surface area contributed by atoms with E-state index in [1.165, 1.54) is 4.90 Å². The Balaban J connectivity index is 1.83. The van der Waals surface area contributed by atoms with Crippen LogP contribution in [0.3, 0.4) is 0 Å². The second kappa shape index (κ2) is 8.23. The number of benzene rings is 1. The standard InChI is InChI=1S/C19H28N2O4/c1-19(2,3)25-18(23)21-13-5-6-16(21)17(22)20-12-11-14-7-9-15(24-4)10-8-14/h7-10,16H,5-6,11-13H2,1-4H3,(H,20,22)/t16-/m0/s1. The van der Waals surface area contributed by atoms with Gasteiger partial charge in [0.1, 0.15) is 17.4 Å². The van der Waals surface area contributed by atoms with E-state index in [0.717, 1.165) is 24.2 Å². The van der Waals surface area contributed by atoms with Crippen molar-refractivity contribution in [2.24, 2.45) is 0 Å². The zero-order valence-corrected chi connectivity index (χ0v) is 15.5. The number of nitrogens with zero attached hydrogens (tertiary/aromatic N) is 1. The topological polar surface area (TPSA) is 67.9 Å². The lowest BCUT2D eigenvalue weighted by Crippen LogP contribution is -2.47. The van der Waals surface area contributed by atoms with Gasteiger partial charge in [-0.25, -0.2) is 4.79 Å².